The molecule has 0 fully saturated rings. The van der Waals surface area contributed by atoms with Crippen LogP contribution in [0.1, 0.15) is 15.9 Å². The largest absolute Gasteiger partial charge is 0.321 e. The van der Waals surface area contributed by atoms with Gasteiger partial charge in [0.2, 0.25) is 0 Å². The van der Waals surface area contributed by atoms with Crippen molar-refractivity contribution in [3.05, 3.63) is 83.9 Å². The molecule has 0 unspecified atom stereocenters. The molecule has 0 radical (unpaired) electrons. The fourth-order valence-electron chi connectivity index (χ4n) is 2.64. The first-order valence-corrected chi connectivity index (χ1v) is 11.2. The first-order valence-electron chi connectivity index (χ1n) is 8.53. The number of sulfonamides is 1. The lowest BCUT2D eigenvalue weighted by Gasteiger charge is -2.12. The molecule has 0 heterocycles. The highest BCUT2D eigenvalue weighted by atomic mass is 32.2. The van der Waals surface area contributed by atoms with Crippen LogP contribution in [0.2, 0.25) is 0 Å². The van der Waals surface area contributed by atoms with E-state index in [1.165, 1.54) is 23.9 Å². The molecule has 7 heteroatoms. The minimum absolute atomic E-state index is 0.0292. The summed E-state index contributed by atoms with van der Waals surface area (Å²) in [5.74, 6) is -0.366. The highest BCUT2D eigenvalue weighted by Crippen LogP contribution is 2.25. The van der Waals surface area contributed by atoms with E-state index in [1.54, 1.807) is 24.3 Å². The Balaban J connectivity index is 1.85. The highest BCUT2D eigenvalue weighted by molar-refractivity contribution is 7.98. The minimum Gasteiger partial charge on any atom is -0.321 e. The van der Waals surface area contributed by atoms with Crippen molar-refractivity contribution >= 4 is 39.1 Å². The maximum atomic E-state index is 12.7. The maximum Gasteiger partial charge on any atom is 0.261 e. The molecule has 3 rings (SSSR count). The van der Waals surface area contributed by atoms with Crippen molar-refractivity contribution in [3.63, 3.8) is 0 Å². The normalized spacial score (nSPS) is 11.1. The molecule has 0 spiro atoms. The van der Waals surface area contributed by atoms with E-state index in [0.717, 1.165) is 10.5 Å². The first-order chi connectivity index (χ1) is 13.4. The molecule has 3 aromatic rings. The fraction of sp³-hybridized carbons (Fsp3) is 0.0952. The minimum atomic E-state index is -3.81. The van der Waals surface area contributed by atoms with Gasteiger partial charge in [0.25, 0.3) is 15.9 Å². The van der Waals surface area contributed by atoms with Crippen LogP contribution in [-0.4, -0.2) is 20.6 Å². The summed E-state index contributed by atoms with van der Waals surface area (Å²) in [5.41, 5.74) is 2.27. The smallest absolute Gasteiger partial charge is 0.261 e. The Hall–Kier alpha value is -2.77. The Bertz CT molecular complexity index is 1110. The highest BCUT2D eigenvalue weighted by Gasteiger charge is 2.17. The molecule has 0 aromatic heterocycles. The van der Waals surface area contributed by atoms with E-state index in [9.17, 15) is 13.2 Å². The molecule has 28 heavy (non-hydrogen) atoms. The van der Waals surface area contributed by atoms with E-state index in [0.29, 0.717) is 11.4 Å². The average Bonchev–Trinajstić information content (AvgIpc) is 2.70. The Labute approximate surface area is 169 Å². The maximum absolute atomic E-state index is 12.7. The topological polar surface area (TPSA) is 75.3 Å². The Morgan fingerprint density at radius 1 is 0.893 bits per heavy atom. The number of anilines is 2. The van der Waals surface area contributed by atoms with Gasteiger partial charge in [-0.25, -0.2) is 8.42 Å². The second-order valence-electron chi connectivity index (χ2n) is 6.10. The van der Waals surface area contributed by atoms with Gasteiger partial charge in [0.15, 0.2) is 0 Å². The number of hydrogen-bond acceptors (Lipinski definition) is 4. The van der Waals surface area contributed by atoms with E-state index in [-0.39, 0.29) is 16.4 Å². The van der Waals surface area contributed by atoms with Gasteiger partial charge < -0.3 is 5.32 Å². The van der Waals surface area contributed by atoms with Crippen LogP contribution in [0.3, 0.4) is 0 Å². The van der Waals surface area contributed by atoms with Gasteiger partial charge in [-0.15, -0.1) is 11.8 Å². The third-order valence-corrected chi connectivity index (χ3v) is 6.31. The van der Waals surface area contributed by atoms with Crippen LogP contribution >= 0.6 is 11.8 Å². The summed E-state index contributed by atoms with van der Waals surface area (Å²) in [6.07, 6.45) is 1.93. The summed E-state index contributed by atoms with van der Waals surface area (Å²) in [5, 5.41) is 2.84. The molecule has 0 aliphatic rings. The number of carbonyl (C=O) groups is 1. The van der Waals surface area contributed by atoms with Crippen molar-refractivity contribution in [2.45, 2.75) is 16.7 Å². The average molecular weight is 413 g/mol. The van der Waals surface area contributed by atoms with Gasteiger partial charge in [0, 0.05) is 10.5 Å². The van der Waals surface area contributed by atoms with Crippen molar-refractivity contribution in [2.75, 3.05) is 16.3 Å². The summed E-state index contributed by atoms with van der Waals surface area (Å²) in [7, 11) is -3.81. The zero-order valence-electron chi connectivity index (χ0n) is 15.5. The number of carbonyl (C=O) groups excluding carboxylic acids is 1. The number of thioether (sulfide) groups is 1. The molecule has 0 atom stereocenters. The summed E-state index contributed by atoms with van der Waals surface area (Å²) in [6, 6.07) is 20.6. The lowest BCUT2D eigenvalue weighted by atomic mass is 10.2. The number of hydrogen-bond donors (Lipinski definition) is 2. The van der Waals surface area contributed by atoms with Crippen LogP contribution in [0.5, 0.6) is 0 Å². The number of para-hydroxylation sites is 2. The Kier molecular flexibility index (Phi) is 6.06. The van der Waals surface area contributed by atoms with Crippen LogP contribution in [0.15, 0.2) is 82.6 Å². The van der Waals surface area contributed by atoms with Crippen molar-refractivity contribution in [3.8, 4) is 0 Å². The van der Waals surface area contributed by atoms with Crippen LogP contribution < -0.4 is 10.0 Å². The monoisotopic (exact) mass is 412 g/mol. The van der Waals surface area contributed by atoms with Crippen LogP contribution in [0.25, 0.3) is 0 Å². The first kappa shape index (κ1) is 20.0. The molecule has 0 bridgehead atoms. The van der Waals surface area contributed by atoms with Gasteiger partial charge in [-0.05, 0) is 55.1 Å². The van der Waals surface area contributed by atoms with E-state index in [2.05, 4.69) is 10.0 Å². The van der Waals surface area contributed by atoms with Gasteiger partial charge in [0.05, 0.1) is 16.3 Å². The quantitative estimate of drug-likeness (QED) is 0.572. The molecule has 1 amide bonds. The molecule has 3 aromatic carbocycles. The van der Waals surface area contributed by atoms with Crippen molar-refractivity contribution in [1.82, 2.24) is 0 Å². The summed E-state index contributed by atoms with van der Waals surface area (Å²) in [4.78, 5) is 13.6. The van der Waals surface area contributed by atoms with Crippen LogP contribution in [0, 0.1) is 6.92 Å². The molecule has 0 saturated carbocycles. The predicted octanol–water partition coefficient (Wildman–Crippen LogP) is 4.77. The van der Waals surface area contributed by atoms with Gasteiger partial charge >= 0.3 is 0 Å². The molecule has 144 valence electrons. The summed E-state index contributed by atoms with van der Waals surface area (Å²) < 4.78 is 28.1. The van der Waals surface area contributed by atoms with Crippen LogP contribution in [0.4, 0.5) is 11.4 Å². The molecule has 0 aliphatic carbocycles. The number of aryl methyl sites for hydroxylation is 1. The van der Waals surface area contributed by atoms with Gasteiger partial charge in [-0.2, -0.15) is 0 Å². The molecule has 5 nitrogen and oxygen atoms in total. The van der Waals surface area contributed by atoms with E-state index in [4.69, 9.17) is 0 Å². The SMILES string of the molecule is CSc1ccccc1NC(=O)c1cccc(S(=O)(=O)Nc2ccccc2C)c1. The van der Waals surface area contributed by atoms with Gasteiger partial charge in [-0.3, -0.25) is 9.52 Å². The van der Waals surface area contributed by atoms with Crippen molar-refractivity contribution in [1.29, 1.82) is 0 Å². The third kappa shape index (κ3) is 4.55. The predicted molar refractivity (Wildman–Crippen MR) is 115 cm³/mol. The number of rotatable bonds is 6. The zero-order valence-corrected chi connectivity index (χ0v) is 17.1. The van der Waals surface area contributed by atoms with E-state index in [1.807, 2.05) is 49.6 Å². The Morgan fingerprint density at radius 2 is 1.57 bits per heavy atom. The number of benzene rings is 3. The zero-order chi connectivity index (χ0) is 20.1. The summed E-state index contributed by atoms with van der Waals surface area (Å²) in [6.45, 7) is 1.82. The van der Waals surface area contributed by atoms with Gasteiger partial charge in [-0.1, -0.05) is 36.4 Å². The molecule has 0 saturated heterocycles. The second-order valence-corrected chi connectivity index (χ2v) is 8.63. The number of amides is 1. The van der Waals surface area contributed by atoms with Crippen LogP contribution in [-0.2, 0) is 10.0 Å². The fourth-order valence-corrected chi connectivity index (χ4v) is 4.37. The molecule has 0 aliphatic heterocycles. The van der Waals surface area contributed by atoms with E-state index >= 15 is 0 Å². The van der Waals surface area contributed by atoms with Crippen molar-refractivity contribution < 1.29 is 13.2 Å². The van der Waals surface area contributed by atoms with Gasteiger partial charge in [0.1, 0.15) is 0 Å². The lowest BCUT2D eigenvalue weighted by Crippen LogP contribution is -2.16. The number of nitrogens with one attached hydrogen (secondary N) is 2. The molecular formula is C21H20N2O3S2. The van der Waals surface area contributed by atoms with E-state index < -0.39 is 10.0 Å². The molecule has 2 N–H and O–H groups in total. The van der Waals surface area contributed by atoms with Crippen molar-refractivity contribution in [2.24, 2.45) is 0 Å². The lowest BCUT2D eigenvalue weighted by molar-refractivity contribution is 0.102. The molecular weight excluding hydrogens is 392 g/mol. The Morgan fingerprint density at radius 3 is 2.29 bits per heavy atom. The third-order valence-electron chi connectivity index (χ3n) is 4.15. The summed E-state index contributed by atoms with van der Waals surface area (Å²) >= 11 is 1.52. The standard InChI is InChI=1S/C21H20N2O3S2/c1-15-8-3-4-11-18(15)23-28(25,26)17-10-7-9-16(14-17)21(24)22-19-12-5-6-13-20(19)27-2/h3-14,23H,1-2H3,(H,22,24). The second kappa shape index (κ2) is 8.50.